The van der Waals surface area contributed by atoms with Gasteiger partial charge in [-0.15, -0.1) is 11.8 Å². The number of aliphatic hydroxyl groups is 1. The van der Waals surface area contributed by atoms with Crippen molar-refractivity contribution in [3.05, 3.63) is 65.2 Å². The van der Waals surface area contributed by atoms with Crippen LogP contribution in [-0.4, -0.2) is 24.5 Å². The van der Waals surface area contributed by atoms with Crippen LogP contribution >= 0.6 is 11.8 Å². The zero-order valence-corrected chi connectivity index (χ0v) is 13.7. The van der Waals surface area contributed by atoms with Gasteiger partial charge in [0.2, 0.25) is 0 Å². The fourth-order valence-corrected chi connectivity index (χ4v) is 3.71. The summed E-state index contributed by atoms with van der Waals surface area (Å²) in [6.45, 7) is 4.31. The van der Waals surface area contributed by atoms with Crippen molar-refractivity contribution in [3.8, 4) is 0 Å². The monoisotopic (exact) mass is 301 g/mol. The van der Waals surface area contributed by atoms with Crippen molar-refractivity contribution in [2.75, 3.05) is 19.4 Å². The Kier molecular flexibility index (Phi) is 5.45. The third-order valence-electron chi connectivity index (χ3n) is 3.89. The molecule has 3 heteroatoms. The predicted octanol–water partition coefficient (Wildman–Crippen LogP) is 3.50. The maximum absolute atomic E-state index is 9.96. The first-order chi connectivity index (χ1) is 10.1. The predicted molar refractivity (Wildman–Crippen MR) is 90.9 cm³/mol. The highest BCUT2D eigenvalue weighted by atomic mass is 32.2. The van der Waals surface area contributed by atoms with Crippen molar-refractivity contribution in [3.63, 3.8) is 0 Å². The lowest BCUT2D eigenvalue weighted by molar-refractivity contribution is 0.187. The molecule has 2 aromatic rings. The topological polar surface area (TPSA) is 32.3 Å². The third kappa shape index (κ3) is 3.67. The van der Waals surface area contributed by atoms with Gasteiger partial charge in [0.05, 0.1) is 12.1 Å². The molecule has 0 amide bonds. The summed E-state index contributed by atoms with van der Waals surface area (Å²) in [7, 11) is 1.91. The molecule has 0 radical (unpaired) electrons. The summed E-state index contributed by atoms with van der Waals surface area (Å²) in [5.41, 5.74) is 3.25. The van der Waals surface area contributed by atoms with E-state index in [2.05, 4.69) is 49.5 Å². The first-order valence-electron chi connectivity index (χ1n) is 7.16. The molecule has 0 aliphatic rings. The normalized spacial score (nSPS) is 13.9. The smallest absolute Gasteiger partial charge is 0.0761 e. The molecule has 0 saturated heterocycles. The SMILES string of the molecule is CNC(CO)(CSc1cc(C)ccc1C)c1ccccc1. The standard InChI is InChI=1S/C18H23NOS/c1-14-9-10-15(2)17(11-14)21-13-18(12-20,19-3)16-7-5-4-6-8-16/h4-11,19-20H,12-13H2,1-3H3. The molecule has 0 aliphatic carbocycles. The van der Waals surface area contributed by atoms with Gasteiger partial charge in [0, 0.05) is 10.6 Å². The highest BCUT2D eigenvalue weighted by Gasteiger charge is 2.29. The second kappa shape index (κ2) is 7.12. The van der Waals surface area contributed by atoms with Gasteiger partial charge in [-0.3, -0.25) is 0 Å². The molecule has 1 atom stereocenters. The molecule has 0 bridgehead atoms. The van der Waals surface area contributed by atoms with Gasteiger partial charge < -0.3 is 10.4 Å². The lowest BCUT2D eigenvalue weighted by Gasteiger charge is -2.32. The molecule has 2 rings (SSSR count). The lowest BCUT2D eigenvalue weighted by atomic mass is 9.93. The molecule has 0 heterocycles. The molecule has 0 aliphatic heterocycles. The Bertz CT molecular complexity index is 579. The van der Waals surface area contributed by atoms with Crippen LogP contribution in [0, 0.1) is 13.8 Å². The Morgan fingerprint density at radius 1 is 1.10 bits per heavy atom. The Morgan fingerprint density at radius 3 is 2.43 bits per heavy atom. The van der Waals surface area contributed by atoms with Crippen LogP contribution in [0.2, 0.25) is 0 Å². The van der Waals surface area contributed by atoms with Gasteiger partial charge in [-0.1, -0.05) is 48.0 Å². The molecule has 0 aromatic heterocycles. The highest BCUT2D eigenvalue weighted by molar-refractivity contribution is 7.99. The van der Waals surface area contributed by atoms with Crippen LogP contribution in [0.1, 0.15) is 16.7 Å². The first-order valence-corrected chi connectivity index (χ1v) is 8.15. The Hall–Kier alpha value is -1.29. The summed E-state index contributed by atoms with van der Waals surface area (Å²) >= 11 is 1.79. The van der Waals surface area contributed by atoms with Gasteiger partial charge in [0.1, 0.15) is 0 Å². The molecule has 2 aromatic carbocycles. The van der Waals surface area contributed by atoms with Crippen LogP contribution in [0.25, 0.3) is 0 Å². The van der Waals surface area contributed by atoms with Crippen LogP contribution in [-0.2, 0) is 5.54 Å². The van der Waals surface area contributed by atoms with Gasteiger partial charge in [-0.2, -0.15) is 0 Å². The Balaban J connectivity index is 2.23. The maximum atomic E-state index is 9.96. The maximum Gasteiger partial charge on any atom is 0.0761 e. The molecule has 0 fully saturated rings. The van der Waals surface area contributed by atoms with Gasteiger partial charge in [-0.05, 0) is 38.1 Å². The molecule has 112 valence electrons. The van der Waals surface area contributed by atoms with Gasteiger partial charge in [-0.25, -0.2) is 0 Å². The average Bonchev–Trinajstić information content (AvgIpc) is 2.53. The van der Waals surface area contributed by atoms with Crippen molar-refractivity contribution in [2.24, 2.45) is 0 Å². The second-order valence-corrected chi connectivity index (χ2v) is 6.43. The minimum Gasteiger partial charge on any atom is -0.394 e. The van der Waals surface area contributed by atoms with E-state index in [1.807, 2.05) is 25.2 Å². The number of aliphatic hydroxyl groups excluding tert-OH is 1. The van der Waals surface area contributed by atoms with E-state index in [1.54, 1.807) is 11.8 Å². The summed E-state index contributed by atoms with van der Waals surface area (Å²) in [4.78, 5) is 1.28. The van der Waals surface area contributed by atoms with Gasteiger partial charge in [0.15, 0.2) is 0 Å². The number of nitrogens with one attached hydrogen (secondary N) is 1. The number of aryl methyl sites for hydroxylation is 2. The van der Waals surface area contributed by atoms with Crippen molar-refractivity contribution >= 4 is 11.8 Å². The van der Waals surface area contributed by atoms with Crippen LogP contribution in [0.5, 0.6) is 0 Å². The van der Waals surface area contributed by atoms with E-state index in [0.29, 0.717) is 0 Å². The van der Waals surface area contributed by atoms with E-state index in [1.165, 1.54) is 16.0 Å². The zero-order chi connectivity index (χ0) is 15.3. The molecule has 21 heavy (non-hydrogen) atoms. The highest BCUT2D eigenvalue weighted by Crippen LogP contribution is 2.31. The first kappa shape index (κ1) is 16.1. The Morgan fingerprint density at radius 2 is 1.81 bits per heavy atom. The molecule has 0 saturated carbocycles. The van der Waals surface area contributed by atoms with E-state index in [-0.39, 0.29) is 6.61 Å². The van der Waals surface area contributed by atoms with Gasteiger partial charge >= 0.3 is 0 Å². The van der Waals surface area contributed by atoms with Crippen LogP contribution in [0.15, 0.2) is 53.4 Å². The molecule has 2 nitrogen and oxygen atoms in total. The van der Waals surface area contributed by atoms with Crippen LogP contribution in [0.4, 0.5) is 0 Å². The zero-order valence-electron chi connectivity index (χ0n) is 12.9. The summed E-state index contributed by atoms with van der Waals surface area (Å²) in [5.74, 6) is 0.786. The number of hydrogen-bond acceptors (Lipinski definition) is 3. The van der Waals surface area contributed by atoms with E-state index in [4.69, 9.17) is 0 Å². The molecular formula is C18H23NOS. The molecular weight excluding hydrogens is 278 g/mol. The molecule has 2 N–H and O–H groups in total. The average molecular weight is 301 g/mol. The van der Waals surface area contributed by atoms with Crippen LogP contribution in [0.3, 0.4) is 0 Å². The largest absolute Gasteiger partial charge is 0.394 e. The van der Waals surface area contributed by atoms with E-state index in [0.717, 1.165) is 11.3 Å². The minimum absolute atomic E-state index is 0.0748. The van der Waals surface area contributed by atoms with Crippen molar-refractivity contribution < 1.29 is 5.11 Å². The number of thioether (sulfide) groups is 1. The summed E-state index contributed by atoms with van der Waals surface area (Å²) in [5, 5.41) is 13.3. The van der Waals surface area contributed by atoms with E-state index >= 15 is 0 Å². The molecule has 0 spiro atoms. The Labute approximate surface area is 131 Å². The summed E-state index contributed by atoms with van der Waals surface area (Å²) < 4.78 is 0. The van der Waals surface area contributed by atoms with E-state index in [9.17, 15) is 5.11 Å². The van der Waals surface area contributed by atoms with Crippen molar-refractivity contribution in [1.29, 1.82) is 0 Å². The lowest BCUT2D eigenvalue weighted by Crippen LogP contribution is -2.45. The van der Waals surface area contributed by atoms with Crippen molar-refractivity contribution in [2.45, 2.75) is 24.3 Å². The summed E-state index contributed by atoms with van der Waals surface area (Å²) in [6, 6.07) is 16.7. The minimum atomic E-state index is -0.415. The van der Waals surface area contributed by atoms with E-state index < -0.39 is 5.54 Å². The third-order valence-corrected chi connectivity index (χ3v) is 5.28. The second-order valence-electron chi connectivity index (χ2n) is 5.41. The fraction of sp³-hybridized carbons (Fsp3) is 0.333. The number of benzene rings is 2. The van der Waals surface area contributed by atoms with Crippen LogP contribution < -0.4 is 5.32 Å². The molecule has 1 unspecified atom stereocenters. The summed E-state index contributed by atoms with van der Waals surface area (Å²) in [6.07, 6.45) is 0. The quantitative estimate of drug-likeness (QED) is 0.801. The number of likely N-dealkylation sites (N-methyl/N-ethyl adjacent to an activating group) is 1. The fourth-order valence-electron chi connectivity index (χ4n) is 2.34. The van der Waals surface area contributed by atoms with Crippen molar-refractivity contribution in [1.82, 2.24) is 5.32 Å². The number of hydrogen-bond donors (Lipinski definition) is 2. The number of rotatable bonds is 6. The van der Waals surface area contributed by atoms with Gasteiger partial charge in [0.25, 0.3) is 0 Å².